The zero-order valence-corrected chi connectivity index (χ0v) is 12.7. The Bertz CT molecular complexity index is 825. The first-order valence-electron chi connectivity index (χ1n) is 6.02. The second kappa shape index (κ2) is 6.27. The zero-order valence-electron chi connectivity index (χ0n) is 11.2. The van der Waals surface area contributed by atoms with Gasteiger partial charge in [-0.25, -0.2) is 0 Å². The van der Waals surface area contributed by atoms with E-state index in [0.29, 0.717) is 0 Å². The van der Waals surface area contributed by atoms with E-state index in [1.807, 2.05) is 0 Å². The molecular weight excluding hydrogens is 351 g/mol. The molecule has 2 aromatic rings. The average molecular weight is 359 g/mol. The molecule has 2 aromatic carbocycles. The van der Waals surface area contributed by atoms with Gasteiger partial charge in [0.25, 0.3) is 5.69 Å². The number of nitro benzene ring substituents is 2. The number of phenolic OH excluding ortho intramolecular Hbond substituents is 2. The van der Waals surface area contributed by atoms with Gasteiger partial charge >= 0.3 is 5.69 Å². The van der Waals surface area contributed by atoms with E-state index in [9.17, 15) is 30.4 Å². The monoisotopic (exact) mass is 358 g/mol. The van der Waals surface area contributed by atoms with Gasteiger partial charge in [0.2, 0.25) is 0 Å². The molecule has 0 aromatic heterocycles. The summed E-state index contributed by atoms with van der Waals surface area (Å²) in [7, 11) is 0. The van der Waals surface area contributed by atoms with Crippen LogP contribution in [0.2, 0.25) is 10.0 Å². The highest BCUT2D eigenvalue weighted by Gasteiger charge is 2.21. The fourth-order valence-corrected chi connectivity index (χ4v) is 2.47. The molecular formula is C13H8Cl2N2O6. The highest BCUT2D eigenvalue weighted by Crippen LogP contribution is 2.38. The van der Waals surface area contributed by atoms with Gasteiger partial charge in [-0.15, -0.1) is 0 Å². The van der Waals surface area contributed by atoms with Crippen LogP contribution in [0.3, 0.4) is 0 Å². The summed E-state index contributed by atoms with van der Waals surface area (Å²) in [6.07, 6.45) is -0.236. The van der Waals surface area contributed by atoms with Crippen LogP contribution < -0.4 is 0 Å². The van der Waals surface area contributed by atoms with Gasteiger partial charge in [0.15, 0.2) is 5.75 Å². The number of nitrogens with zero attached hydrogens (tertiary/aromatic N) is 2. The summed E-state index contributed by atoms with van der Waals surface area (Å²) < 4.78 is 0. The van der Waals surface area contributed by atoms with E-state index in [4.69, 9.17) is 23.2 Å². The minimum absolute atomic E-state index is 0.000479. The minimum Gasteiger partial charge on any atom is -0.506 e. The van der Waals surface area contributed by atoms with E-state index in [0.717, 1.165) is 18.2 Å². The van der Waals surface area contributed by atoms with Gasteiger partial charge in [0, 0.05) is 40.8 Å². The average Bonchev–Trinajstić information content (AvgIpc) is 2.46. The van der Waals surface area contributed by atoms with Crippen molar-refractivity contribution in [2.24, 2.45) is 0 Å². The predicted octanol–water partition coefficient (Wildman–Crippen LogP) is 3.81. The number of phenols is 2. The van der Waals surface area contributed by atoms with Crippen LogP contribution in [0.25, 0.3) is 0 Å². The maximum absolute atomic E-state index is 10.9. The molecule has 120 valence electrons. The fourth-order valence-electron chi connectivity index (χ4n) is 2.00. The van der Waals surface area contributed by atoms with Gasteiger partial charge in [0.05, 0.1) is 14.9 Å². The summed E-state index contributed by atoms with van der Waals surface area (Å²) in [6.45, 7) is 0. The van der Waals surface area contributed by atoms with Crippen LogP contribution in [0.4, 0.5) is 11.4 Å². The number of halogens is 2. The number of hydrogen-bond donors (Lipinski definition) is 2. The molecule has 23 heavy (non-hydrogen) atoms. The number of hydrogen-bond acceptors (Lipinski definition) is 6. The van der Waals surface area contributed by atoms with Crippen molar-refractivity contribution in [2.45, 2.75) is 6.42 Å². The third-order valence-corrected chi connectivity index (χ3v) is 3.56. The lowest BCUT2D eigenvalue weighted by atomic mass is 10.0. The Morgan fingerprint density at radius 1 is 0.913 bits per heavy atom. The van der Waals surface area contributed by atoms with E-state index >= 15 is 0 Å². The van der Waals surface area contributed by atoms with Crippen molar-refractivity contribution in [1.29, 1.82) is 0 Å². The fraction of sp³-hybridized carbons (Fsp3) is 0.0769. The first-order chi connectivity index (χ1) is 10.7. The van der Waals surface area contributed by atoms with E-state index in [-0.39, 0.29) is 33.3 Å². The second-order valence-electron chi connectivity index (χ2n) is 4.56. The van der Waals surface area contributed by atoms with E-state index in [1.165, 1.54) is 6.07 Å². The molecule has 0 fully saturated rings. The Balaban J connectivity index is 2.56. The van der Waals surface area contributed by atoms with Crippen LogP contribution in [-0.4, -0.2) is 20.1 Å². The molecule has 0 amide bonds. The Kier molecular flexibility index (Phi) is 4.57. The Hall–Kier alpha value is -2.58. The Labute approximate surface area is 138 Å². The summed E-state index contributed by atoms with van der Waals surface area (Å²) in [4.78, 5) is 20.2. The second-order valence-corrected chi connectivity index (χ2v) is 5.40. The van der Waals surface area contributed by atoms with Crippen molar-refractivity contribution in [3.63, 3.8) is 0 Å². The largest absolute Gasteiger partial charge is 0.506 e. The standard InChI is InChI=1S/C13H8Cl2N2O6/c14-8-2-6(13(19)11(4-8)17(22)23)1-7-3-9(16(20)21)5-10(15)12(7)18/h2-5,18-19H,1H2. The van der Waals surface area contributed by atoms with Gasteiger partial charge in [-0.05, 0) is 6.07 Å². The third kappa shape index (κ3) is 3.43. The molecule has 0 saturated carbocycles. The van der Waals surface area contributed by atoms with Crippen molar-refractivity contribution in [3.05, 3.63) is 65.7 Å². The van der Waals surface area contributed by atoms with Crippen molar-refractivity contribution in [3.8, 4) is 11.5 Å². The maximum atomic E-state index is 10.9. The normalized spacial score (nSPS) is 10.5. The van der Waals surface area contributed by atoms with Crippen molar-refractivity contribution < 1.29 is 20.1 Å². The summed E-state index contributed by atoms with van der Waals surface area (Å²) in [5.74, 6) is -1.05. The number of aromatic hydroxyl groups is 2. The van der Waals surface area contributed by atoms with Crippen molar-refractivity contribution >= 4 is 34.6 Å². The Morgan fingerprint density at radius 2 is 1.52 bits per heavy atom. The quantitative estimate of drug-likeness (QED) is 0.631. The molecule has 0 aliphatic rings. The SMILES string of the molecule is O=[N+]([O-])c1cc(Cl)c(O)c(Cc2cc(Cl)cc([N+](=O)[O-])c2O)c1. The minimum atomic E-state index is -0.814. The smallest absolute Gasteiger partial charge is 0.312 e. The lowest BCUT2D eigenvalue weighted by Gasteiger charge is -2.09. The zero-order chi connectivity index (χ0) is 17.3. The molecule has 2 rings (SSSR count). The van der Waals surface area contributed by atoms with Crippen LogP contribution in [-0.2, 0) is 6.42 Å². The van der Waals surface area contributed by atoms with Crippen LogP contribution in [0.1, 0.15) is 11.1 Å². The van der Waals surface area contributed by atoms with E-state index < -0.39 is 27.0 Å². The molecule has 0 unspecified atom stereocenters. The number of nitro groups is 2. The van der Waals surface area contributed by atoms with E-state index in [1.54, 1.807) is 0 Å². The van der Waals surface area contributed by atoms with Crippen LogP contribution >= 0.6 is 23.2 Å². The molecule has 0 aliphatic heterocycles. The van der Waals surface area contributed by atoms with Gasteiger partial charge in [-0.1, -0.05) is 23.2 Å². The topological polar surface area (TPSA) is 127 Å². The van der Waals surface area contributed by atoms with Crippen molar-refractivity contribution in [2.75, 3.05) is 0 Å². The van der Waals surface area contributed by atoms with Gasteiger partial charge in [-0.2, -0.15) is 0 Å². The highest BCUT2D eigenvalue weighted by atomic mass is 35.5. The highest BCUT2D eigenvalue weighted by molar-refractivity contribution is 6.32. The molecule has 8 nitrogen and oxygen atoms in total. The first-order valence-corrected chi connectivity index (χ1v) is 6.78. The number of non-ortho nitro benzene ring substituents is 1. The molecule has 2 N–H and O–H groups in total. The Morgan fingerprint density at radius 3 is 2.09 bits per heavy atom. The molecule has 0 atom stereocenters. The molecule has 10 heteroatoms. The molecule has 0 saturated heterocycles. The molecule has 0 bridgehead atoms. The third-order valence-electron chi connectivity index (χ3n) is 3.05. The lowest BCUT2D eigenvalue weighted by molar-refractivity contribution is -0.385. The first kappa shape index (κ1) is 16.8. The summed E-state index contributed by atoms with van der Waals surface area (Å²) in [5, 5.41) is 41.3. The summed E-state index contributed by atoms with van der Waals surface area (Å²) >= 11 is 11.5. The summed E-state index contributed by atoms with van der Waals surface area (Å²) in [6, 6.07) is 4.27. The predicted molar refractivity (Wildman–Crippen MR) is 82.3 cm³/mol. The van der Waals surface area contributed by atoms with Gasteiger partial charge in [-0.3, -0.25) is 20.2 Å². The van der Waals surface area contributed by atoms with Crippen LogP contribution in [0.5, 0.6) is 11.5 Å². The number of benzene rings is 2. The molecule has 0 spiro atoms. The molecule has 0 radical (unpaired) electrons. The maximum Gasteiger partial charge on any atom is 0.312 e. The summed E-state index contributed by atoms with van der Waals surface area (Å²) in [5.41, 5.74) is -0.922. The van der Waals surface area contributed by atoms with E-state index in [2.05, 4.69) is 0 Å². The van der Waals surface area contributed by atoms with Gasteiger partial charge < -0.3 is 10.2 Å². The number of rotatable bonds is 4. The van der Waals surface area contributed by atoms with Gasteiger partial charge in [0.1, 0.15) is 5.75 Å². The van der Waals surface area contributed by atoms with Crippen LogP contribution in [0.15, 0.2) is 24.3 Å². The lowest BCUT2D eigenvalue weighted by Crippen LogP contribution is -1.97. The molecule has 0 heterocycles. The molecule has 0 aliphatic carbocycles. The van der Waals surface area contributed by atoms with Crippen molar-refractivity contribution in [1.82, 2.24) is 0 Å². The van der Waals surface area contributed by atoms with Crippen LogP contribution in [0, 0.1) is 20.2 Å².